The van der Waals surface area contributed by atoms with Gasteiger partial charge >= 0.3 is 0 Å². The monoisotopic (exact) mass is 494 g/mol. The van der Waals surface area contributed by atoms with Crippen LogP contribution in [0.2, 0.25) is 0 Å². The van der Waals surface area contributed by atoms with E-state index in [4.69, 9.17) is 4.74 Å². The van der Waals surface area contributed by atoms with Crippen LogP contribution in [0, 0.1) is 0 Å². The fourth-order valence-corrected chi connectivity index (χ4v) is 4.43. The van der Waals surface area contributed by atoms with Crippen LogP contribution in [0.15, 0.2) is 48.5 Å². The molecule has 1 aliphatic rings. The first-order chi connectivity index (χ1) is 17.4. The highest BCUT2D eigenvalue weighted by atomic mass is 16.5. The molecule has 1 aliphatic heterocycles. The SMILES string of the molecule is CCCCC(NC(=O)CC(NC(C)=O)c1ccc(OC)cc1)C(=O)Nc1cccc(N2CCCC2)c1. The number of hydrogen-bond acceptors (Lipinski definition) is 5. The first kappa shape index (κ1) is 27.0. The molecule has 0 saturated carbocycles. The van der Waals surface area contributed by atoms with Gasteiger partial charge in [-0.15, -0.1) is 0 Å². The van der Waals surface area contributed by atoms with Crippen molar-refractivity contribution < 1.29 is 19.1 Å². The lowest BCUT2D eigenvalue weighted by atomic mass is 10.0. The number of methoxy groups -OCH3 is 1. The van der Waals surface area contributed by atoms with Gasteiger partial charge in [0, 0.05) is 31.4 Å². The number of nitrogens with zero attached hydrogens (tertiary/aromatic N) is 1. The van der Waals surface area contributed by atoms with E-state index < -0.39 is 12.1 Å². The average Bonchev–Trinajstić information content (AvgIpc) is 3.41. The Labute approximate surface area is 213 Å². The van der Waals surface area contributed by atoms with Crippen molar-refractivity contribution in [3.8, 4) is 5.75 Å². The van der Waals surface area contributed by atoms with Gasteiger partial charge in [-0.2, -0.15) is 0 Å². The molecule has 8 nitrogen and oxygen atoms in total. The number of anilines is 2. The van der Waals surface area contributed by atoms with Crippen LogP contribution < -0.4 is 25.6 Å². The molecule has 0 spiro atoms. The number of carbonyl (C=O) groups is 3. The van der Waals surface area contributed by atoms with Crippen LogP contribution >= 0.6 is 0 Å². The fourth-order valence-electron chi connectivity index (χ4n) is 4.43. The minimum atomic E-state index is -0.665. The molecule has 2 unspecified atom stereocenters. The van der Waals surface area contributed by atoms with Gasteiger partial charge in [0.1, 0.15) is 11.8 Å². The highest BCUT2D eigenvalue weighted by Crippen LogP contribution is 2.24. The van der Waals surface area contributed by atoms with Gasteiger partial charge in [0.15, 0.2) is 0 Å². The van der Waals surface area contributed by atoms with Crippen molar-refractivity contribution >= 4 is 29.1 Å². The van der Waals surface area contributed by atoms with Crippen molar-refractivity contribution in [1.82, 2.24) is 10.6 Å². The molecule has 3 rings (SSSR count). The quantitative estimate of drug-likeness (QED) is 0.411. The lowest BCUT2D eigenvalue weighted by Crippen LogP contribution is -2.45. The highest BCUT2D eigenvalue weighted by molar-refractivity contribution is 5.97. The van der Waals surface area contributed by atoms with E-state index in [1.807, 2.05) is 37.3 Å². The maximum Gasteiger partial charge on any atom is 0.246 e. The van der Waals surface area contributed by atoms with Crippen molar-refractivity contribution in [2.45, 2.75) is 64.5 Å². The molecule has 0 bridgehead atoms. The lowest BCUT2D eigenvalue weighted by molar-refractivity contribution is -0.127. The number of ether oxygens (including phenoxy) is 1. The van der Waals surface area contributed by atoms with Crippen LogP contribution in [-0.2, 0) is 14.4 Å². The molecule has 36 heavy (non-hydrogen) atoms. The Bertz CT molecular complexity index is 1020. The fraction of sp³-hybridized carbons (Fsp3) is 0.464. The molecule has 2 aromatic rings. The summed E-state index contributed by atoms with van der Waals surface area (Å²) in [7, 11) is 1.58. The van der Waals surface area contributed by atoms with E-state index in [1.165, 1.54) is 19.8 Å². The van der Waals surface area contributed by atoms with Gasteiger partial charge in [-0.25, -0.2) is 0 Å². The molecule has 2 aromatic carbocycles. The molecular weight excluding hydrogens is 456 g/mol. The van der Waals surface area contributed by atoms with Gasteiger partial charge < -0.3 is 25.6 Å². The number of unbranched alkanes of at least 4 members (excludes halogenated alkanes) is 1. The largest absolute Gasteiger partial charge is 0.497 e. The number of rotatable bonds is 12. The second-order valence-electron chi connectivity index (χ2n) is 9.23. The molecule has 0 radical (unpaired) electrons. The zero-order valence-corrected chi connectivity index (χ0v) is 21.5. The van der Waals surface area contributed by atoms with Gasteiger partial charge in [0.25, 0.3) is 0 Å². The van der Waals surface area contributed by atoms with Crippen molar-refractivity contribution in [3.05, 3.63) is 54.1 Å². The van der Waals surface area contributed by atoms with E-state index >= 15 is 0 Å². The zero-order chi connectivity index (χ0) is 25.9. The summed E-state index contributed by atoms with van der Waals surface area (Å²) in [6.07, 6.45) is 4.62. The Morgan fingerprint density at radius 1 is 1.03 bits per heavy atom. The minimum absolute atomic E-state index is 0.0201. The van der Waals surface area contributed by atoms with Gasteiger partial charge in [-0.05, 0) is 55.2 Å². The first-order valence-corrected chi connectivity index (χ1v) is 12.8. The maximum absolute atomic E-state index is 13.2. The van der Waals surface area contributed by atoms with Crippen molar-refractivity contribution in [1.29, 1.82) is 0 Å². The second-order valence-corrected chi connectivity index (χ2v) is 9.23. The van der Waals surface area contributed by atoms with Gasteiger partial charge in [0.05, 0.1) is 19.6 Å². The summed E-state index contributed by atoms with van der Waals surface area (Å²) in [6, 6.07) is 13.9. The second kappa shape index (κ2) is 13.5. The average molecular weight is 495 g/mol. The summed E-state index contributed by atoms with van der Waals surface area (Å²) in [4.78, 5) is 40.3. The van der Waals surface area contributed by atoms with Crippen LogP contribution in [-0.4, -0.2) is 44.0 Å². The minimum Gasteiger partial charge on any atom is -0.497 e. The number of nitrogens with one attached hydrogen (secondary N) is 3. The predicted octanol–water partition coefficient (Wildman–Crippen LogP) is 4.18. The van der Waals surface area contributed by atoms with Gasteiger partial charge in [0.2, 0.25) is 17.7 Å². The van der Waals surface area contributed by atoms with Crippen molar-refractivity contribution in [2.24, 2.45) is 0 Å². The third-order valence-corrected chi connectivity index (χ3v) is 6.37. The first-order valence-electron chi connectivity index (χ1n) is 12.8. The van der Waals surface area contributed by atoms with Crippen LogP contribution in [0.25, 0.3) is 0 Å². The third kappa shape index (κ3) is 8.00. The Kier molecular flexibility index (Phi) is 10.2. The molecule has 2 atom stereocenters. The summed E-state index contributed by atoms with van der Waals surface area (Å²) >= 11 is 0. The van der Waals surface area contributed by atoms with E-state index in [0.29, 0.717) is 12.2 Å². The number of amides is 3. The Morgan fingerprint density at radius 2 is 1.75 bits per heavy atom. The van der Waals surface area contributed by atoms with E-state index in [2.05, 4.69) is 26.9 Å². The van der Waals surface area contributed by atoms with Crippen molar-refractivity contribution in [3.63, 3.8) is 0 Å². The topological polar surface area (TPSA) is 99.8 Å². The number of carbonyl (C=O) groups excluding carboxylic acids is 3. The maximum atomic E-state index is 13.2. The van der Waals surface area contributed by atoms with E-state index in [9.17, 15) is 14.4 Å². The predicted molar refractivity (Wildman–Crippen MR) is 142 cm³/mol. The molecule has 1 fully saturated rings. The van der Waals surface area contributed by atoms with E-state index in [-0.39, 0.29) is 24.1 Å². The number of benzene rings is 2. The smallest absolute Gasteiger partial charge is 0.246 e. The Balaban J connectivity index is 1.67. The Morgan fingerprint density at radius 3 is 2.39 bits per heavy atom. The number of hydrogen-bond donors (Lipinski definition) is 3. The normalized spacial score (nSPS) is 14.6. The van der Waals surface area contributed by atoms with Crippen molar-refractivity contribution in [2.75, 3.05) is 30.4 Å². The third-order valence-electron chi connectivity index (χ3n) is 6.37. The molecule has 3 N–H and O–H groups in total. The van der Waals surface area contributed by atoms with Crippen LogP contribution in [0.1, 0.15) is 64.0 Å². The zero-order valence-electron chi connectivity index (χ0n) is 21.5. The molecule has 1 saturated heterocycles. The molecule has 0 aromatic heterocycles. The van der Waals surface area contributed by atoms with E-state index in [0.717, 1.165) is 42.9 Å². The summed E-state index contributed by atoms with van der Waals surface area (Å²) in [6.45, 7) is 5.52. The lowest BCUT2D eigenvalue weighted by Gasteiger charge is -2.22. The summed E-state index contributed by atoms with van der Waals surface area (Å²) in [5.74, 6) is -0.0841. The highest BCUT2D eigenvalue weighted by Gasteiger charge is 2.24. The van der Waals surface area contributed by atoms with Gasteiger partial charge in [-0.1, -0.05) is 38.0 Å². The van der Waals surface area contributed by atoms with Crippen LogP contribution in [0.5, 0.6) is 5.75 Å². The van der Waals surface area contributed by atoms with Crippen LogP contribution in [0.3, 0.4) is 0 Å². The van der Waals surface area contributed by atoms with Crippen LogP contribution in [0.4, 0.5) is 11.4 Å². The summed E-state index contributed by atoms with van der Waals surface area (Å²) in [5, 5.41) is 8.72. The molecule has 3 amide bonds. The molecule has 194 valence electrons. The molecule has 1 heterocycles. The molecular formula is C28H38N4O4. The molecule has 8 heteroatoms. The Hall–Kier alpha value is -3.55. The molecule has 0 aliphatic carbocycles. The summed E-state index contributed by atoms with van der Waals surface area (Å²) in [5.41, 5.74) is 2.60. The standard InChI is InChI=1S/C28H38N4O4/c1-4-5-11-25(28(35)30-22-9-8-10-23(18-22)32-16-6-7-17-32)31-27(34)19-26(29-20(2)33)21-12-14-24(36-3)15-13-21/h8-10,12-15,18,25-26H,4-7,11,16-17,19H2,1-3H3,(H,29,33)(H,30,35)(H,31,34). The van der Waals surface area contributed by atoms with E-state index in [1.54, 1.807) is 19.2 Å². The van der Waals surface area contributed by atoms with Gasteiger partial charge in [-0.3, -0.25) is 14.4 Å². The summed E-state index contributed by atoms with van der Waals surface area (Å²) < 4.78 is 5.20.